The fourth-order valence-corrected chi connectivity index (χ4v) is 1.60. The van der Waals surface area contributed by atoms with Crippen LogP contribution in [0.3, 0.4) is 0 Å². The molecular weight excluding hydrogens is 201 g/mol. The summed E-state index contributed by atoms with van der Waals surface area (Å²) in [6.07, 6.45) is 0. The van der Waals surface area contributed by atoms with Crippen molar-refractivity contribution >= 4 is 11.3 Å². The van der Waals surface area contributed by atoms with Crippen molar-refractivity contribution in [2.45, 2.75) is 0 Å². The molecule has 0 heterocycles. The summed E-state index contributed by atoms with van der Waals surface area (Å²) >= 11 is 0. The summed E-state index contributed by atoms with van der Waals surface area (Å²) in [7, 11) is 0. The van der Waals surface area contributed by atoms with E-state index >= 15 is 0 Å². The zero-order valence-electron chi connectivity index (χ0n) is 8.78. The van der Waals surface area contributed by atoms with E-state index in [0.717, 1.165) is 11.1 Å². The van der Waals surface area contributed by atoms with Crippen molar-refractivity contribution in [2.75, 3.05) is 5.73 Å². The van der Waals surface area contributed by atoms with Crippen LogP contribution in [0.2, 0.25) is 0 Å². The van der Waals surface area contributed by atoms with Crippen LogP contribution >= 0.6 is 0 Å². The van der Waals surface area contributed by atoms with Gasteiger partial charge in [0.15, 0.2) is 0 Å². The minimum Gasteiger partial charge on any atom is -0.396 e. The highest BCUT2D eigenvalue weighted by molar-refractivity contribution is 5.84. The number of para-hydroxylation sites is 1. The molecule has 0 radical (unpaired) electrons. The Morgan fingerprint density at radius 1 is 1.00 bits per heavy atom. The van der Waals surface area contributed by atoms with Crippen molar-refractivity contribution in [1.29, 1.82) is 0 Å². The molecule has 0 saturated carbocycles. The Morgan fingerprint density at radius 2 is 1.69 bits per heavy atom. The highest BCUT2D eigenvalue weighted by Gasteiger charge is 2.08. The van der Waals surface area contributed by atoms with Crippen LogP contribution in [0.4, 0.5) is 10.1 Å². The maximum Gasteiger partial charge on any atom is 0.146 e. The molecule has 2 rings (SSSR count). The van der Waals surface area contributed by atoms with Crippen molar-refractivity contribution < 1.29 is 4.39 Å². The first-order valence-electron chi connectivity index (χ1n) is 4.99. The normalized spacial score (nSPS) is 10.1. The number of nitrogens with two attached hydrogens (primary N) is 1. The minimum absolute atomic E-state index is 0.149. The van der Waals surface area contributed by atoms with Crippen LogP contribution < -0.4 is 5.73 Å². The molecular formula is C14H12FN. The first-order valence-corrected chi connectivity index (χ1v) is 4.99. The van der Waals surface area contributed by atoms with E-state index in [9.17, 15) is 4.39 Å². The molecule has 0 amide bonds. The molecule has 2 heteroatoms. The van der Waals surface area contributed by atoms with Crippen LogP contribution in [0.25, 0.3) is 5.57 Å². The molecule has 0 saturated heterocycles. The third kappa shape index (κ3) is 1.82. The van der Waals surface area contributed by atoms with E-state index in [2.05, 4.69) is 6.58 Å². The number of benzene rings is 2. The molecule has 0 bridgehead atoms. The zero-order valence-corrected chi connectivity index (χ0v) is 8.78. The molecule has 0 aliphatic rings. The minimum atomic E-state index is -0.408. The van der Waals surface area contributed by atoms with Gasteiger partial charge in [-0.15, -0.1) is 0 Å². The summed E-state index contributed by atoms with van der Waals surface area (Å²) in [5.74, 6) is -0.408. The van der Waals surface area contributed by atoms with Crippen LogP contribution in [-0.2, 0) is 0 Å². The maximum atomic E-state index is 13.3. The lowest BCUT2D eigenvalue weighted by Crippen LogP contribution is -1.97. The molecule has 0 aromatic heterocycles. The van der Waals surface area contributed by atoms with Crippen LogP contribution in [0, 0.1) is 5.82 Å². The molecule has 2 aromatic carbocycles. The Bertz CT molecular complexity index is 518. The highest BCUT2D eigenvalue weighted by atomic mass is 19.1. The standard InChI is InChI=1S/C14H12FN/c1-10(11-6-3-2-4-7-11)12-8-5-9-13(15)14(12)16/h2-9H,1,16H2. The molecule has 0 spiro atoms. The summed E-state index contributed by atoms with van der Waals surface area (Å²) in [6, 6.07) is 14.3. The highest BCUT2D eigenvalue weighted by Crippen LogP contribution is 2.27. The summed E-state index contributed by atoms with van der Waals surface area (Å²) < 4.78 is 13.3. The van der Waals surface area contributed by atoms with E-state index in [1.165, 1.54) is 6.07 Å². The molecule has 0 aliphatic heterocycles. The second kappa shape index (κ2) is 4.19. The SMILES string of the molecule is C=C(c1ccccc1)c1cccc(F)c1N. The van der Waals surface area contributed by atoms with Crippen molar-refractivity contribution in [2.24, 2.45) is 0 Å². The molecule has 1 nitrogen and oxygen atoms in total. The largest absolute Gasteiger partial charge is 0.396 e. The van der Waals surface area contributed by atoms with E-state index in [4.69, 9.17) is 5.73 Å². The molecule has 0 unspecified atom stereocenters. The van der Waals surface area contributed by atoms with Crippen LogP contribution in [-0.4, -0.2) is 0 Å². The molecule has 16 heavy (non-hydrogen) atoms. The molecule has 0 fully saturated rings. The van der Waals surface area contributed by atoms with E-state index in [1.807, 2.05) is 30.3 Å². The number of anilines is 1. The number of hydrogen-bond donors (Lipinski definition) is 1. The average Bonchev–Trinajstić information content (AvgIpc) is 2.33. The lowest BCUT2D eigenvalue weighted by atomic mass is 9.98. The van der Waals surface area contributed by atoms with Crippen molar-refractivity contribution in [1.82, 2.24) is 0 Å². The van der Waals surface area contributed by atoms with Gasteiger partial charge in [-0.2, -0.15) is 0 Å². The molecule has 0 atom stereocenters. The quantitative estimate of drug-likeness (QED) is 0.759. The Balaban J connectivity index is 2.46. The Morgan fingerprint density at radius 3 is 2.38 bits per heavy atom. The van der Waals surface area contributed by atoms with Crippen LogP contribution in [0.15, 0.2) is 55.1 Å². The first-order chi connectivity index (χ1) is 7.70. The van der Waals surface area contributed by atoms with Crippen LogP contribution in [0.1, 0.15) is 11.1 Å². The zero-order chi connectivity index (χ0) is 11.5. The second-order valence-electron chi connectivity index (χ2n) is 3.55. The lowest BCUT2D eigenvalue weighted by Gasteiger charge is -2.09. The van der Waals surface area contributed by atoms with Crippen molar-refractivity contribution in [3.05, 3.63) is 72.1 Å². The Hall–Kier alpha value is -2.09. The molecule has 80 valence electrons. The van der Waals surface area contributed by atoms with E-state index in [0.29, 0.717) is 5.56 Å². The number of halogens is 1. The topological polar surface area (TPSA) is 26.0 Å². The third-order valence-electron chi connectivity index (χ3n) is 2.50. The lowest BCUT2D eigenvalue weighted by molar-refractivity contribution is 0.632. The Kier molecular flexibility index (Phi) is 2.73. The van der Waals surface area contributed by atoms with Gasteiger partial charge in [0.05, 0.1) is 5.69 Å². The summed E-state index contributed by atoms with van der Waals surface area (Å²) in [4.78, 5) is 0. The number of rotatable bonds is 2. The summed E-state index contributed by atoms with van der Waals surface area (Å²) in [6.45, 7) is 3.95. The van der Waals surface area contributed by atoms with Gasteiger partial charge in [0.25, 0.3) is 0 Å². The van der Waals surface area contributed by atoms with Gasteiger partial charge in [0, 0.05) is 5.56 Å². The molecule has 0 aliphatic carbocycles. The second-order valence-corrected chi connectivity index (χ2v) is 3.55. The predicted octanol–water partition coefficient (Wildman–Crippen LogP) is 3.47. The van der Waals surface area contributed by atoms with Gasteiger partial charge in [-0.05, 0) is 17.2 Å². The fraction of sp³-hybridized carbons (Fsp3) is 0. The fourth-order valence-electron chi connectivity index (χ4n) is 1.60. The number of hydrogen-bond acceptors (Lipinski definition) is 1. The van der Waals surface area contributed by atoms with E-state index in [1.54, 1.807) is 12.1 Å². The van der Waals surface area contributed by atoms with Gasteiger partial charge < -0.3 is 5.73 Å². The van der Waals surface area contributed by atoms with Crippen molar-refractivity contribution in [3.63, 3.8) is 0 Å². The predicted molar refractivity (Wildman–Crippen MR) is 65.4 cm³/mol. The van der Waals surface area contributed by atoms with Gasteiger partial charge in [-0.25, -0.2) is 4.39 Å². The van der Waals surface area contributed by atoms with Gasteiger partial charge in [-0.3, -0.25) is 0 Å². The Labute approximate surface area is 94.0 Å². The van der Waals surface area contributed by atoms with E-state index < -0.39 is 5.82 Å². The van der Waals surface area contributed by atoms with Gasteiger partial charge in [0.1, 0.15) is 5.82 Å². The number of nitrogen functional groups attached to an aromatic ring is 1. The first kappa shape index (κ1) is 10.4. The van der Waals surface area contributed by atoms with Crippen molar-refractivity contribution in [3.8, 4) is 0 Å². The average molecular weight is 213 g/mol. The summed E-state index contributed by atoms with van der Waals surface area (Å²) in [5.41, 5.74) is 8.16. The smallest absolute Gasteiger partial charge is 0.146 e. The van der Waals surface area contributed by atoms with Gasteiger partial charge >= 0.3 is 0 Å². The molecule has 2 aromatic rings. The monoisotopic (exact) mass is 213 g/mol. The van der Waals surface area contributed by atoms with Crippen LogP contribution in [0.5, 0.6) is 0 Å². The molecule has 2 N–H and O–H groups in total. The van der Waals surface area contributed by atoms with Gasteiger partial charge in [0.2, 0.25) is 0 Å². The maximum absolute atomic E-state index is 13.3. The third-order valence-corrected chi connectivity index (χ3v) is 2.50. The van der Waals surface area contributed by atoms with Gasteiger partial charge in [-0.1, -0.05) is 49.0 Å². The van der Waals surface area contributed by atoms with E-state index in [-0.39, 0.29) is 5.69 Å². The summed E-state index contributed by atoms with van der Waals surface area (Å²) in [5, 5.41) is 0.